The summed E-state index contributed by atoms with van der Waals surface area (Å²) in [6.07, 6.45) is 0.952. The van der Waals surface area contributed by atoms with Gasteiger partial charge < -0.3 is 19.8 Å². The van der Waals surface area contributed by atoms with Crippen molar-refractivity contribution in [3.8, 4) is 5.75 Å². The second-order valence-electron chi connectivity index (χ2n) is 4.30. The Morgan fingerprint density at radius 2 is 1.95 bits per heavy atom. The maximum absolute atomic E-state index is 12.0. The molecule has 0 fully saturated rings. The highest BCUT2D eigenvalue weighted by Crippen LogP contribution is 2.26. The van der Waals surface area contributed by atoms with E-state index in [9.17, 15) is 4.79 Å². The van der Waals surface area contributed by atoms with Crippen molar-refractivity contribution in [1.29, 1.82) is 0 Å². The Morgan fingerprint density at radius 3 is 2.45 bits per heavy atom. The van der Waals surface area contributed by atoms with E-state index in [1.54, 1.807) is 7.11 Å². The van der Waals surface area contributed by atoms with E-state index in [2.05, 4.69) is 15.9 Å². The summed E-state index contributed by atoms with van der Waals surface area (Å²) in [6, 6.07) is 5.69. The number of benzene rings is 1. The Bertz CT molecular complexity index is 433. The molecule has 0 spiro atoms. The Morgan fingerprint density at radius 1 is 1.30 bits per heavy atom. The average Bonchev–Trinajstić information content (AvgIpc) is 2.44. The van der Waals surface area contributed by atoms with Gasteiger partial charge in [0.1, 0.15) is 5.75 Å². The number of aliphatic hydroxyl groups is 2. The minimum Gasteiger partial charge on any atom is -0.496 e. The van der Waals surface area contributed by atoms with Crippen LogP contribution in [0.4, 0.5) is 0 Å². The first-order valence-corrected chi connectivity index (χ1v) is 7.23. The van der Waals surface area contributed by atoms with Crippen molar-refractivity contribution >= 4 is 21.8 Å². The number of aliphatic hydroxyl groups excluding tert-OH is 2. The van der Waals surface area contributed by atoms with Crippen LogP contribution in [0, 0.1) is 0 Å². The van der Waals surface area contributed by atoms with E-state index in [1.165, 1.54) is 4.90 Å². The van der Waals surface area contributed by atoms with Crippen molar-refractivity contribution in [2.24, 2.45) is 0 Å². The first-order valence-electron chi connectivity index (χ1n) is 6.44. The van der Waals surface area contributed by atoms with E-state index in [-0.39, 0.29) is 32.2 Å². The van der Waals surface area contributed by atoms with Gasteiger partial charge in [-0.2, -0.15) is 0 Å². The van der Waals surface area contributed by atoms with Gasteiger partial charge in [0.05, 0.1) is 24.8 Å². The number of nitrogens with zero attached hydrogens (tertiary/aromatic N) is 1. The third-order valence-corrected chi connectivity index (χ3v) is 3.56. The number of rotatable bonds is 8. The zero-order valence-corrected chi connectivity index (χ0v) is 13.1. The van der Waals surface area contributed by atoms with Gasteiger partial charge in [-0.3, -0.25) is 4.79 Å². The monoisotopic (exact) mass is 345 g/mol. The van der Waals surface area contributed by atoms with Crippen molar-refractivity contribution < 1.29 is 19.7 Å². The van der Waals surface area contributed by atoms with Crippen LogP contribution >= 0.6 is 15.9 Å². The molecule has 0 heterocycles. The lowest BCUT2D eigenvalue weighted by Gasteiger charge is -2.20. The van der Waals surface area contributed by atoms with Crippen LogP contribution in [0.5, 0.6) is 5.75 Å². The molecule has 0 saturated carbocycles. The molecule has 0 unspecified atom stereocenters. The number of halogens is 1. The minimum atomic E-state index is -0.0974. The van der Waals surface area contributed by atoms with Crippen LogP contribution in [0.25, 0.3) is 0 Å². The molecular formula is C14H20BrNO4. The van der Waals surface area contributed by atoms with Gasteiger partial charge in [0.25, 0.3) is 0 Å². The van der Waals surface area contributed by atoms with Crippen molar-refractivity contribution in [1.82, 2.24) is 4.90 Å². The van der Waals surface area contributed by atoms with Gasteiger partial charge in [-0.1, -0.05) is 6.07 Å². The molecule has 0 saturated heterocycles. The number of methoxy groups -OCH3 is 1. The average molecular weight is 346 g/mol. The van der Waals surface area contributed by atoms with Crippen molar-refractivity contribution in [2.45, 2.75) is 12.8 Å². The van der Waals surface area contributed by atoms with Gasteiger partial charge in [-0.25, -0.2) is 0 Å². The molecule has 6 heteroatoms. The third-order valence-electron chi connectivity index (χ3n) is 2.94. The van der Waals surface area contributed by atoms with E-state index in [0.29, 0.717) is 12.8 Å². The van der Waals surface area contributed by atoms with Crippen molar-refractivity contribution in [2.75, 3.05) is 33.4 Å². The van der Waals surface area contributed by atoms with Crippen molar-refractivity contribution in [3.63, 3.8) is 0 Å². The number of aryl methyl sites for hydroxylation is 1. The lowest BCUT2D eigenvalue weighted by atomic mass is 10.1. The van der Waals surface area contributed by atoms with Crippen LogP contribution in [0.3, 0.4) is 0 Å². The summed E-state index contributed by atoms with van der Waals surface area (Å²) < 4.78 is 6.00. The van der Waals surface area contributed by atoms with Gasteiger partial charge in [0.15, 0.2) is 0 Å². The summed E-state index contributed by atoms with van der Waals surface area (Å²) in [4.78, 5) is 13.4. The van der Waals surface area contributed by atoms with Crippen LogP contribution < -0.4 is 4.74 Å². The lowest BCUT2D eigenvalue weighted by molar-refractivity contribution is -0.132. The predicted molar refractivity (Wildman–Crippen MR) is 79.8 cm³/mol. The third kappa shape index (κ3) is 5.11. The zero-order chi connectivity index (χ0) is 15.0. The fourth-order valence-corrected chi connectivity index (χ4v) is 2.47. The Labute approximate surface area is 127 Å². The van der Waals surface area contributed by atoms with Crippen LogP contribution in [0.15, 0.2) is 22.7 Å². The molecule has 0 aliphatic rings. The van der Waals surface area contributed by atoms with Gasteiger partial charge in [0.2, 0.25) is 5.91 Å². The summed E-state index contributed by atoms with van der Waals surface area (Å²) >= 11 is 3.41. The minimum absolute atomic E-state index is 0.0694. The molecular weight excluding hydrogens is 326 g/mol. The molecule has 0 radical (unpaired) electrons. The number of hydrogen-bond donors (Lipinski definition) is 2. The van der Waals surface area contributed by atoms with E-state index >= 15 is 0 Å². The molecule has 1 aromatic rings. The molecule has 1 amide bonds. The molecule has 1 rings (SSSR count). The molecule has 112 valence electrons. The first-order chi connectivity index (χ1) is 9.62. The Hall–Kier alpha value is -1.11. The first kappa shape index (κ1) is 16.9. The lowest BCUT2D eigenvalue weighted by Crippen LogP contribution is -2.35. The predicted octanol–water partition coefficient (Wildman–Crippen LogP) is 1.20. The molecule has 0 aromatic heterocycles. The second kappa shape index (κ2) is 8.94. The highest BCUT2D eigenvalue weighted by molar-refractivity contribution is 9.10. The van der Waals surface area contributed by atoms with E-state index < -0.39 is 0 Å². The highest BCUT2D eigenvalue weighted by Gasteiger charge is 2.12. The molecule has 0 aliphatic heterocycles. The van der Waals surface area contributed by atoms with E-state index in [1.807, 2.05) is 18.2 Å². The summed E-state index contributed by atoms with van der Waals surface area (Å²) in [5.41, 5.74) is 1.03. The van der Waals surface area contributed by atoms with Crippen LogP contribution in [-0.2, 0) is 11.2 Å². The summed E-state index contributed by atoms with van der Waals surface area (Å²) in [6.45, 7) is 0.317. The van der Waals surface area contributed by atoms with Gasteiger partial charge in [0, 0.05) is 19.5 Å². The van der Waals surface area contributed by atoms with Crippen LogP contribution in [-0.4, -0.2) is 54.4 Å². The molecule has 1 aromatic carbocycles. The standard InChI is InChI=1S/C14H20BrNO4/c1-20-13-4-2-11(10-12(13)15)3-5-14(19)16(6-8-17)7-9-18/h2,4,10,17-18H,3,5-9H2,1H3. The summed E-state index contributed by atoms with van der Waals surface area (Å²) in [5, 5.41) is 17.8. The van der Waals surface area contributed by atoms with Gasteiger partial charge >= 0.3 is 0 Å². The van der Waals surface area contributed by atoms with Crippen LogP contribution in [0.2, 0.25) is 0 Å². The quantitative estimate of drug-likeness (QED) is 0.742. The van der Waals surface area contributed by atoms with Crippen LogP contribution in [0.1, 0.15) is 12.0 Å². The Balaban J connectivity index is 2.57. The second-order valence-corrected chi connectivity index (χ2v) is 5.15. The molecule has 2 N–H and O–H groups in total. The van der Waals surface area contributed by atoms with E-state index in [4.69, 9.17) is 14.9 Å². The number of carbonyl (C=O) groups is 1. The smallest absolute Gasteiger partial charge is 0.223 e. The maximum atomic E-state index is 12.0. The number of hydrogen-bond acceptors (Lipinski definition) is 4. The largest absolute Gasteiger partial charge is 0.496 e. The van der Waals surface area contributed by atoms with Gasteiger partial charge in [-0.05, 0) is 40.0 Å². The number of ether oxygens (including phenoxy) is 1. The molecule has 0 atom stereocenters. The normalized spacial score (nSPS) is 10.4. The molecule has 0 aliphatic carbocycles. The topological polar surface area (TPSA) is 70.0 Å². The highest BCUT2D eigenvalue weighted by atomic mass is 79.9. The summed E-state index contributed by atoms with van der Waals surface area (Å²) in [5.74, 6) is 0.683. The fraction of sp³-hybridized carbons (Fsp3) is 0.500. The maximum Gasteiger partial charge on any atom is 0.223 e. The molecule has 5 nitrogen and oxygen atoms in total. The van der Waals surface area contributed by atoms with E-state index in [0.717, 1.165) is 15.8 Å². The zero-order valence-electron chi connectivity index (χ0n) is 11.5. The van der Waals surface area contributed by atoms with Gasteiger partial charge in [-0.15, -0.1) is 0 Å². The molecule has 20 heavy (non-hydrogen) atoms. The number of carbonyl (C=O) groups excluding carboxylic acids is 1. The molecule has 0 bridgehead atoms. The summed E-state index contributed by atoms with van der Waals surface area (Å²) in [7, 11) is 1.60. The van der Waals surface area contributed by atoms with Crippen molar-refractivity contribution in [3.05, 3.63) is 28.2 Å². The SMILES string of the molecule is COc1ccc(CCC(=O)N(CCO)CCO)cc1Br. The fourth-order valence-electron chi connectivity index (χ4n) is 1.88. The Kier molecular flexibility index (Phi) is 7.58. The number of amides is 1.